The number of hydrogen-bond acceptors (Lipinski definition) is 5. The van der Waals surface area contributed by atoms with Crippen LogP contribution in [0, 0.1) is 12.8 Å². The Morgan fingerprint density at radius 2 is 1.83 bits per heavy atom. The van der Waals surface area contributed by atoms with Crippen LogP contribution in [0.15, 0.2) is 61.1 Å². The number of aryl methyl sites for hydroxylation is 1. The van der Waals surface area contributed by atoms with Gasteiger partial charge in [-0.05, 0) is 49.6 Å². The van der Waals surface area contributed by atoms with E-state index in [1.165, 1.54) is 18.5 Å². The van der Waals surface area contributed by atoms with E-state index < -0.39 is 11.7 Å². The van der Waals surface area contributed by atoms with E-state index in [9.17, 15) is 18.0 Å². The molecule has 1 aliphatic rings. The highest BCUT2D eigenvalue weighted by Gasteiger charge is 2.30. The molecule has 3 heterocycles. The van der Waals surface area contributed by atoms with Crippen molar-refractivity contribution in [3.63, 3.8) is 0 Å². The van der Waals surface area contributed by atoms with Crippen LogP contribution in [0.3, 0.4) is 0 Å². The molecule has 0 unspecified atom stereocenters. The minimum Gasteiger partial charge on any atom is -0.355 e. The third kappa shape index (κ3) is 5.02. The first-order valence-electron chi connectivity index (χ1n) is 11.7. The molecule has 7 nitrogen and oxygen atoms in total. The Labute approximate surface area is 206 Å². The SMILES string of the molecule is Cc1ccc(-n2cc3c(N4CCC[C@@H](C(=O)NCc5ccc(C(F)(F)F)cc5)C4)ncnc3n2)cc1. The molecule has 1 aliphatic heterocycles. The van der Waals surface area contributed by atoms with Gasteiger partial charge in [-0.2, -0.15) is 13.2 Å². The summed E-state index contributed by atoms with van der Waals surface area (Å²) in [5, 5.41) is 8.28. The quantitative estimate of drug-likeness (QED) is 0.436. The summed E-state index contributed by atoms with van der Waals surface area (Å²) >= 11 is 0. The van der Waals surface area contributed by atoms with Crippen LogP contribution in [-0.2, 0) is 17.5 Å². The van der Waals surface area contributed by atoms with E-state index in [1.807, 2.05) is 37.4 Å². The maximum atomic E-state index is 12.9. The van der Waals surface area contributed by atoms with Crippen molar-refractivity contribution in [2.24, 2.45) is 5.92 Å². The number of aromatic nitrogens is 4. The van der Waals surface area contributed by atoms with E-state index in [0.29, 0.717) is 17.8 Å². The summed E-state index contributed by atoms with van der Waals surface area (Å²) < 4.78 is 40.1. The first-order chi connectivity index (χ1) is 17.3. The molecule has 1 atom stereocenters. The smallest absolute Gasteiger partial charge is 0.355 e. The highest BCUT2D eigenvalue weighted by molar-refractivity contribution is 5.87. The molecule has 2 aromatic heterocycles. The average molecular weight is 495 g/mol. The fourth-order valence-corrected chi connectivity index (χ4v) is 4.44. The largest absolute Gasteiger partial charge is 0.416 e. The second-order valence-corrected chi connectivity index (χ2v) is 9.04. The Morgan fingerprint density at radius 3 is 2.56 bits per heavy atom. The number of nitrogens with one attached hydrogen (secondary N) is 1. The minimum absolute atomic E-state index is 0.125. The van der Waals surface area contributed by atoms with E-state index in [-0.39, 0.29) is 18.4 Å². The number of anilines is 1. The third-order valence-electron chi connectivity index (χ3n) is 6.43. The number of fused-ring (bicyclic) bond motifs is 1. The zero-order valence-corrected chi connectivity index (χ0v) is 19.7. The maximum absolute atomic E-state index is 12.9. The summed E-state index contributed by atoms with van der Waals surface area (Å²) in [5.41, 5.74) is 2.57. The van der Waals surface area contributed by atoms with E-state index in [4.69, 9.17) is 0 Å². The lowest BCUT2D eigenvalue weighted by molar-refractivity contribution is -0.137. The van der Waals surface area contributed by atoms with Crippen molar-refractivity contribution in [1.29, 1.82) is 0 Å². The number of piperidine rings is 1. The van der Waals surface area contributed by atoms with E-state index >= 15 is 0 Å². The molecular weight excluding hydrogens is 469 g/mol. The van der Waals surface area contributed by atoms with Crippen LogP contribution in [0.2, 0.25) is 0 Å². The molecule has 0 aliphatic carbocycles. The number of carbonyl (C=O) groups excluding carboxylic acids is 1. The van der Waals surface area contributed by atoms with Gasteiger partial charge in [0.25, 0.3) is 0 Å². The van der Waals surface area contributed by atoms with Crippen LogP contribution in [0.25, 0.3) is 16.7 Å². The predicted molar refractivity (Wildman–Crippen MR) is 130 cm³/mol. The molecule has 4 aromatic rings. The molecule has 10 heteroatoms. The van der Waals surface area contributed by atoms with Gasteiger partial charge < -0.3 is 10.2 Å². The Bertz CT molecular complexity index is 1370. The molecule has 0 bridgehead atoms. The van der Waals surface area contributed by atoms with Gasteiger partial charge in [0.15, 0.2) is 5.65 Å². The van der Waals surface area contributed by atoms with Crippen molar-refractivity contribution in [2.45, 2.75) is 32.5 Å². The topological polar surface area (TPSA) is 75.9 Å². The number of hydrogen-bond donors (Lipinski definition) is 1. The summed E-state index contributed by atoms with van der Waals surface area (Å²) in [6.45, 7) is 3.44. The van der Waals surface area contributed by atoms with E-state index in [1.54, 1.807) is 4.68 Å². The first kappa shape index (κ1) is 23.8. The van der Waals surface area contributed by atoms with Gasteiger partial charge in [0.2, 0.25) is 5.91 Å². The molecule has 0 radical (unpaired) electrons. The fourth-order valence-electron chi connectivity index (χ4n) is 4.44. The van der Waals surface area contributed by atoms with Crippen LogP contribution in [0.4, 0.5) is 19.0 Å². The minimum atomic E-state index is -4.38. The number of halogens is 3. The lowest BCUT2D eigenvalue weighted by Crippen LogP contribution is -2.43. The molecule has 0 spiro atoms. The van der Waals surface area contributed by atoms with Crippen LogP contribution in [-0.4, -0.2) is 38.7 Å². The molecule has 1 fully saturated rings. The number of carbonyl (C=O) groups is 1. The van der Waals surface area contributed by atoms with Crippen molar-refractivity contribution in [2.75, 3.05) is 18.0 Å². The number of nitrogens with zero attached hydrogens (tertiary/aromatic N) is 5. The number of benzene rings is 2. The third-order valence-corrected chi connectivity index (χ3v) is 6.43. The fraction of sp³-hybridized carbons (Fsp3) is 0.308. The van der Waals surface area contributed by atoms with Crippen molar-refractivity contribution in [1.82, 2.24) is 25.1 Å². The average Bonchev–Trinajstić information content (AvgIpc) is 3.32. The Hall–Kier alpha value is -3.95. The van der Waals surface area contributed by atoms with Crippen LogP contribution < -0.4 is 10.2 Å². The molecule has 2 aromatic carbocycles. The van der Waals surface area contributed by atoms with Crippen LogP contribution >= 0.6 is 0 Å². The molecule has 1 saturated heterocycles. The van der Waals surface area contributed by atoms with Gasteiger partial charge in [-0.25, -0.2) is 14.6 Å². The first-order valence-corrected chi connectivity index (χ1v) is 11.7. The van der Waals surface area contributed by atoms with Crippen LogP contribution in [0.1, 0.15) is 29.5 Å². The molecule has 1 amide bonds. The summed E-state index contributed by atoms with van der Waals surface area (Å²) in [5.74, 6) is 0.351. The van der Waals surface area contributed by atoms with Gasteiger partial charge in [-0.15, -0.1) is 5.10 Å². The Balaban J connectivity index is 1.28. The van der Waals surface area contributed by atoms with Gasteiger partial charge in [0.1, 0.15) is 12.1 Å². The summed E-state index contributed by atoms with van der Waals surface area (Å²) in [4.78, 5) is 23.8. The summed E-state index contributed by atoms with van der Waals surface area (Å²) in [7, 11) is 0. The van der Waals surface area contributed by atoms with Crippen molar-refractivity contribution >= 4 is 22.8 Å². The molecule has 1 N–H and O–H groups in total. The van der Waals surface area contributed by atoms with E-state index in [2.05, 4.69) is 25.3 Å². The molecule has 36 heavy (non-hydrogen) atoms. The zero-order chi connectivity index (χ0) is 25.3. The summed E-state index contributed by atoms with van der Waals surface area (Å²) in [6.07, 6.45) is 0.556. The Morgan fingerprint density at radius 1 is 1.08 bits per heavy atom. The lowest BCUT2D eigenvalue weighted by Gasteiger charge is -2.33. The van der Waals surface area contributed by atoms with Gasteiger partial charge in [-0.3, -0.25) is 4.79 Å². The van der Waals surface area contributed by atoms with Gasteiger partial charge in [0.05, 0.1) is 22.6 Å². The Kier molecular flexibility index (Phi) is 6.34. The van der Waals surface area contributed by atoms with Crippen molar-refractivity contribution in [3.05, 3.63) is 77.7 Å². The van der Waals surface area contributed by atoms with Crippen molar-refractivity contribution in [3.8, 4) is 5.69 Å². The van der Waals surface area contributed by atoms with E-state index in [0.717, 1.165) is 54.0 Å². The second kappa shape index (κ2) is 9.60. The predicted octanol–water partition coefficient (Wildman–Crippen LogP) is 4.68. The normalized spacial score (nSPS) is 16.3. The van der Waals surface area contributed by atoms with Crippen molar-refractivity contribution < 1.29 is 18.0 Å². The van der Waals surface area contributed by atoms with Gasteiger partial charge in [0, 0.05) is 25.8 Å². The number of rotatable bonds is 5. The highest BCUT2D eigenvalue weighted by atomic mass is 19.4. The number of alkyl halides is 3. The summed E-state index contributed by atoms with van der Waals surface area (Å²) in [6, 6.07) is 12.9. The molecule has 0 saturated carbocycles. The number of amides is 1. The molecule has 5 rings (SSSR count). The van der Waals surface area contributed by atoms with Gasteiger partial charge in [-0.1, -0.05) is 29.8 Å². The monoisotopic (exact) mass is 494 g/mol. The van der Waals surface area contributed by atoms with Crippen LogP contribution in [0.5, 0.6) is 0 Å². The lowest BCUT2D eigenvalue weighted by atomic mass is 9.97. The zero-order valence-electron chi connectivity index (χ0n) is 19.7. The highest BCUT2D eigenvalue weighted by Crippen LogP contribution is 2.30. The molecule has 186 valence electrons. The molecular formula is C26H25F3N6O. The van der Waals surface area contributed by atoms with Gasteiger partial charge >= 0.3 is 6.18 Å². The standard InChI is InChI=1S/C26H25F3N6O/c1-17-4-10-21(11-5-17)35-15-22-23(33-35)31-16-32-24(22)34-12-2-3-19(14-34)25(36)30-13-18-6-8-20(9-7-18)26(27,28)29/h4-11,15-16,19H,2-3,12-14H2,1H3,(H,30,36)/t19-/m1/s1. The second-order valence-electron chi connectivity index (χ2n) is 9.04. The maximum Gasteiger partial charge on any atom is 0.416 e.